The first-order valence-corrected chi connectivity index (χ1v) is 9.16. The summed E-state index contributed by atoms with van der Waals surface area (Å²) < 4.78 is 0. The Morgan fingerprint density at radius 1 is 1.29 bits per heavy atom. The summed E-state index contributed by atoms with van der Waals surface area (Å²) in [4.78, 5) is 35.8. The van der Waals surface area contributed by atoms with Crippen molar-refractivity contribution in [2.45, 2.75) is 31.7 Å². The molecule has 24 heavy (non-hydrogen) atoms. The van der Waals surface area contributed by atoms with E-state index < -0.39 is 11.4 Å². The third-order valence-corrected chi connectivity index (χ3v) is 5.63. The molecule has 1 aromatic carbocycles. The topological polar surface area (TPSA) is 95.5 Å². The minimum absolute atomic E-state index is 0.0478. The second-order valence-electron chi connectivity index (χ2n) is 6.44. The molecular weight excluding hydrogens is 328 g/mol. The fraction of sp³-hybridized carbons (Fsp3) is 0.471. The van der Waals surface area contributed by atoms with Crippen LogP contribution in [0.3, 0.4) is 0 Å². The van der Waals surface area contributed by atoms with E-state index >= 15 is 0 Å². The van der Waals surface area contributed by atoms with E-state index in [1.165, 1.54) is 0 Å². The Hall–Kier alpha value is -2.02. The predicted molar refractivity (Wildman–Crippen MR) is 92.2 cm³/mol. The van der Waals surface area contributed by atoms with Crippen molar-refractivity contribution >= 4 is 35.2 Å². The van der Waals surface area contributed by atoms with Crippen LogP contribution in [0.2, 0.25) is 0 Å². The number of benzene rings is 1. The molecule has 2 fully saturated rings. The average molecular weight is 348 g/mol. The molecular formula is C17H20N2O4S. The van der Waals surface area contributed by atoms with Gasteiger partial charge in [-0.05, 0) is 43.2 Å². The van der Waals surface area contributed by atoms with Gasteiger partial charge < -0.3 is 15.7 Å². The van der Waals surface area contributed by atoms with Crippen LogP contribution in [0.15, 0.2) is 24.3 Å². The standard InChI is InChI=1S/C17H20N2O4S/c20-14(9-17(16(22)23)6-7-24-10-17)18-13-3-1-2-11(8-13)15(21)19-12-4-5-12/h1-3,8,12H,4-7,9-10H2,(H,18,20)(H,19,21)(H,22,23)/t17-/m0/s1. The lowest BCUT2D eigenvalue weighted by atomic mass is 9.84. The average Bonchev–Trinajstić information content (AvgIpc) is 3.22. The number of carbonyl (C=O) groups is 3. The van der Waals surface area contributed by atoms with Crippen molar-refractivity contribution in [2.75, 3.05) is 16.8 Å². The Morgan fingerprint density at radius 2 is 2.08 bits per heavy atom. The molecule has 1 aliphatic carbocycles. The number of carboxylic acids is 1. The summed E-state index contributed by atoms with van der Waals surface area (Å²) in [5.74, 6) is -0.182. The highest BCUT2D eigenvalue weighted by Gasteiger charge is 2.43. The van der Waals surface area contributed by atoms with Crippen LogP contribution >= 0.6 is 11.8 Å². The Bertz CT molecular complexity index is 666. The highest BCUT2D eigenvalue weighted by molar-refractivity contribution is 7.99. The maximum atomic E-state index is 12.3. The summed E-state index contributed by atoms with van der Waals surface area (Å²) in [6.07, 6.45) is 2.48. The molecule has 0 radical (unpaired) electrons. The number of anilines is 1. The molecule has 0 bridgehead atoms. The first-order valence-electron chi connectivity index (χ1n) is 8.00. The molecule has 1 atom stereocenters. The summed E-state index contributed by atoms with van der Waals surface area (Å²) in [6, 6.07) is 6.98. The summed E-state index contributed by atoms with van der Waals surface area (Å²) in [6.45, 7) is 0. The molecule has 1 heterocycles. The van der Waals surface area contributed by atoms with Crippen molar-refractivity contribution in [1.82, 2.24) is 5.32 Å². The fourth-order valence-corrected chi connectivity index (χ4v) is 4.18. The van der Waals surface area contributed by atoms with Crippen molar-refractivity contribution in [2.24, 2.45) is 5.41 Å². The second kappa shape index (κ2) is 6.84. The number of carbonyl (C=O) groups excluding carboxylic acids is 2. The molecule has 3 rings (SSSR count). The van der Waals surface area contributed by atoms with Crippen molar-refractivity contribution in [3.8, 4) is 0 Å². The van der Waals surface area contributed by atoms with Gasteiger partial charge in [-0.3, -0.25) is 14.4 Å². The number of hydrogen-bond acceptors (Lipinski definition) is 4. The molecule has 0 spiro atoms. The molecule has 3 N–H and O–H groups in total. The highest BCUT2D eigenvalue weighted by Crippen LogP contribution is 2.39. The van der Waals surface area contributed by atoms with Gasteiger partial charge in [0.05, 0.1) is 5.41 Å². The molecule has 128 valence electrons. The zero-order valence-corrected chi connectivity index (χ0v) is 14.0. The van der Waals surface area contributed by atoms with E-state index in [1.54, 1.807) is 36.0 Å². The minimum atomic E-state index is -0.976. The third kappa shape index (κ3) is 3.90. The van der Waals surface area contributed by atoms with Gasteiger partial charge in [-0.1, -0.05) is 6.07 Å². The van der Waals surface area contributed by atoms with E-state index in [1.807, 2.05) is 0 Å². The number of nitrogens with one attached hydrogen (secondary N) is 2. The van der Waals surface area contributed by atoms with Crippen molar-refractivity contribution in [3.05, 3.63) is 29.8 Å². The first-order chi connectivity index (χ1) is 11.5. The van der Waals surface area contributed by atoms with E-state index in [2.05, 4.69) is 10.6 Å². The number of carboxylic acid groups (broad SMARTS) is 1. The predicted octanol–water partition coefficient (Wildman–Crippen LogP) is 2.12. The van der Waals surface area contributed by atoms with Crippen LogP contribution in [-0.2, 0) is 9.59 Å². The van der Waals surface area contributed by atoms with Crippen molar-refractivity contribution in [1.29, 1.82) is 0 Å². The van der Waals surface area contributed by atoms with Gasteiger partial charge in [-0.15, -0.1) is 0 Å². The van der Waals surface area contributed by atoms with E-state index in [4.69, 9.17) is 0 Å². The normalized spacial score (nSPS) is 22.8. The molecule has 6 nitrogen and oxygen atoms in total. The van der Waals surface area contributed by atoms with Gasteiger partial charge >= 0.3 is 5.97 Å². The van der Waals surface area contributed by atoms with Crippen LogP contribution in [-0.4, -0.2) is 40.4 Å². The van der Waals surface area contributed by atoms with Gasteiger partial charge in [0.1, 0.15) is 0 Å². The van der Waals surface area contributed by atoms with Gasteiger partial charge in [0, 0.05) is 29.5 Å². The number of rotatable bonds is 6. The summed E-state index contributed by atoms with van der Waals surface area (Å²) in [5, 5.41) is 15.1. The van der Waals surface area contributed by atoms with Gasteiger partial charge in [0.15, 0.2) is 0 Å². The van der Waals surface area contributed by atoms with Gasteiger partial charge in [-0.25, -0.2) is 0 Å². The van der Waals surface area contributed by atoms with Crippen LogP contribution in [0.5, 0.6) is 0 Å². The molecule has 2 aliphatic rings. The molecule has 1 saturated heterocycles. The second-order valence-corrected chi connectivity index (χ2v) is 7.55. The Kier molecular flexibility index (Phi) is 4.80. The monoisotopic (exact) mass is 348 g/mol. The number of thioether (sulfide) groups is 1. The quantitative estimate of drug-likeness (QED) is 0.732. The first kappa shape index (κ1) is 16.8. The minimum Gasteiger partial charge on any atom is -0.481 e. The lowest BCUT2D eigenvalue weighted by molar-refractivity contribution is -0.149. The van der Waals surface area contributed by atoms with Gasteiger partial charge in [0.2, 0.25) is 5.91 Å². The largest absolute Gasteiger partial charge is 0.481 e. The molecule has 7 heteroatoms. The van der Waals surface area contributed by atoms with Crippen molar-refractivity contribution < 1.29 is 19.5 Å². The SMILES string of the molecule is O=C(C[C@@]1(C(=O)O)CCSC1)Nc1cccc(C(=O)NC2CC2)c1. The maximum Gasteiger partial charge on any atom is 0.311 e. The summed E-state index contributed by atoms with van der Waals surface area (Å²) in [5.41, 5.74) is 0.0223. The number of amides is 2. The van der Waals surface area contributed by atoms with Crippen LogP contribution in [0.1, 0.15) is 36.0 Å². The van der Waals surface area contributed by atoms with Crippen molar-refractivity contribution in [3.63, 3.8) is 0 Å². The Balaban J connectivity index is 1.63. The summed E-state index contributed by atoms with van der Waals surface area (Å²) >= 11 is 1.56. The Labute approximate surface area is 144 Å². The highest BCUT2D eigenvalue weighted by atomic mass is 32.2. The fourth-order valence-electron chi connectivity index (χ4n) is 2.74. The van der Waals surface area contributed by atoms with E-state index in [0.717, 1.165) is 18.6 Å². The lowest BCUT2D eigenvalue weighted by Gasteiger charge is -2.22. The molecule has 1 aromatic rings. The molecule has 0 unspecified atom stereocenters. The van der Waals surface area contributed by atoms with Gasteiger partial charge in [0.25, 0.3) is 5.91 Å². The number of hydrogen-bond donors (Lipinski definition) is 3. The maximum absolute atomic E-state index is 12.3. The molecule has 2 amide bonds. The molecule has 1 aliphatic heterocycles. The smallest absolute Gasteiger partial charge is 0.311 e. The van der Waals surface area contributed by atoms with E-state index in [-0.39, 0.29) is 24.3 Å². The van der Waals surface area contributed by atoms with Gasteiger partial charge in [-0.2, -0.15) is 11.8 Å². The van der Waals surface area contributed by atoms with E-state index in [9.17, 15) is 19.5 Å². The van der Waals surface area contributed by atoms with Crippen LogP contribution in [0, 0.1) is 5.41 Å². The Morgan fingerprint density at radius 3 is 2.71 bits per heavy atom. The van der Waals surface area contributed by atoms with E-state index in [0.29, 0.717) is 23.4 Å². The number of aliphatic carboxylic acids is 1. The molecule has 0 aromatic heterocycles. The van der Waals surface area contributed by atoms with Crippen LogP contribution in [0.25, 0.3) is 0 Å². The molecule has 1 saturated carbocycles. The van der Waals surface area contributed by atoms with Crippen LogP contribution < -0.4 is 10.6 Å². The zero-order valence-electron chi connectivity index (χ0n) is 13.2. The summed E-state index contributed by atoms with van der Waals surface area (Å²) in [7, 11) is 0. The third-order valence-electron chi connectivity index (χ3n) is 4.38. The van der Waals surface area contributed by atoms with Crippen LogP contribution in [0.4, 0.5) is 5.69 Å². The lowest BCUT2D eigenvalue weighted by Crippen LogP contribution is -2.35. The zero-order chi connectivity index (χ0) is 17.2.